The number of rotatable bonds is 7. The summed E-state index contributed by atoms with van der Waals surface area (Å²) in [6, 6.07) is 10.8. The first kappa shape index (κ1) is 27.9. The predicted octanol–water partition coefficient (Wildman–Crippen LogP) is 5.15. The number of carbonyl (C=O) groups is 1. The van der Waals surface area contributed by atoms with Crippen molar-refractivity contribution in [1.29, 1.82) is 0 Å². The second kappa shape index (κ2) is 13.1. The number of carbonyl (C=O) groups excluding carboxylic acids is 1. The van der Waals surface area contributed by atoms with E-state index in [1.807, 2.05) is 47.8 Å². The molecule has 198 valence electrons. The molecule has 2 aromatic rings. The number of ether oxygens (including phenoxy) is 1. The lowest BCUT2D eigenvalue weighted by atomic mass is 10.0. The second-order valence-corrected chi connectivity index (χ2v) is 12.5. The molecule has 0 bridgehead atoms. The van der Waals surface area contributed by atoms with E-state index in [1.54, 1.807) is 4.91 Å². The van der Waals surface area contributed by atoms with Gasteiger partial charge in [-0.1, -0.05) is 51.9 Å². The lowest BCUT2D eigenvalue weighted by Crippen LogP contribution is -2.42. The average Bonchev–Trinajstić information content (AvgIpc) is 3.44. The van der Waals surface area contributed by atoms with E-state index in [0.29, 0.717) is 18.4 Å². The Labute approximate surface area is 228 Å². The zero-order valence-corrected chi connectivity index (χ0v) is 23.9. The van der Waals surface area contributed by atoms with Crippen molar-refractivity contribution in [2.24, 2.45) is 5.92 Å². The standard InChI is InChI=1S/C15H21N4O2.C13H17NS2/c1-11-5-13-7-17-15(16-6-12-3-4-21-9-12)18-14(13)8-19(11,2)10-20;1-14-9-8-13(16-15-2)12(10-14)11-6-4-3-5-7-11/h5,7,10,12H,3-4,6,8-9H2,1-2H3,(H,16,17,18);3-7H,8-10H2,1-2H3/q+1;. The topological polar surface area (TPSA) is 67.4 Å². The highest BCUT2D eigenvalue weighted by atomic mass is 33.1. The molecule has 1 fully saturated rings. The smallest absolute Gasteiger partial charge is 0.306 e. The van der Waals surface area contributed by atoms with Crippen molar-refractivity contribution in [3.8, 4) is 0 Å². The number of benzene rings is 1. The van der Waals surface area contributed by atoms with Crippen LogP contribution in [0.5, 0.6) is 0 Å². The number of likely N-dealkylation sites (N-methyl/N-ethyl adjacent to an activating group) is 1. The molecule has 3 aliphatic heterocycles. The van der Waals surface area contributed by atoms with E-state index in [2.05, 4.69) is 63.8 Å². The molecular weight excluding hydrogens is 502 g/mol. The minimum atomic E-state index is 0.250. The van der Waals surface area contributed by atoms with Crippen LogP contribution in [0.3, 0.4) is 0 Å². The van der Waals surface area contributed by atoms with E-state index in [-0.39, 0.29) is 4.48 Å². The van der Waals surface area contributed by atoms with Crippen LogP contribution in [0.4, 0.5) is 5.95 Å². The van der Waals surface area contributed by atoms with Crippen molar-refractivity contribution >= 4 is 45.6 Å². The van der Waals surface area contributed by atoms with E-state index < -0.39 is 0 Å². The molecule has 0 aliphatic carbocycles. The van der Waals surface area contributed by atoms with Gasteiger partial charge in [0.2, 0.25) is 5.95 Å². The van der Waals surface area contributed by atoms with Gasteiger partial charge >= 0.3 is 6.41 Å². The van der Waals surface area contributed by atoms with Crippen LogP contribution in [0.25, 0.3) is 11.6 Å². The van der Waals surface area contributed by atoms with Crippen LogP contribution in [0.15, 0.2) is 47.1 Å². The molecule has 0 saturated carbocycles. The number of amides is 1. The molecule has 1 saturated heterocycles. The predicted molar refractivity (Wildman–Crippen MR) is 156 cm³/mol. The Hall–Kier alpha value is -2.17. The highest BCUT2D eigenvalue weighted by molar-refractivity contribution is 8.78. The summed E-state index contributed by atoms with van der Waals surface area (Å²) in [5.74, 6) is 1.16. The third kappa shape index (κ3) is 7.23. The van der Waals surface area contributed by atoms with Crippen molar-refractivity contribution < 1.29 is 14.0 Å². The monoisotopic (exact) mass is 540 g/mol. The molecule has 5 rings (SSSR count). The maximum Gasteiger partial charge on any atom is 0.306 e. The van der Waals surface area contributed by atoms with Gasteiger partial charge in [-0.25, -0.2) is 19.2 Å². The van der Waals surface area contributed by atoms with Crippen molar-refractivity contribution in [3.05, 3.63) is 64.0 Å². The van der Waals surface area contributed by atoms with Crippen LogP contribution < -0.4 is 5.32 Å². The number of nitrogens with zero attached hydrogens (tertiary/aromatic N) is 4. The van der Waals surface area contributed by atoms with Crippen LogP contribution in [0.1, 0.15) is 36.6 Å². The fourth-order valence-corrected chi connectivity index (χ4v) is 6.45. The van der Waals surface area contributed by atoms with Gasteiger partial charge in [-0.05, 0) is 37.3 Å². The van der Waals surface area contributed by atoms with Crippen molar-refractivity contribution in [2.75, 3.05) is 58.5 Å². The Morgan fingerprint density at radius 2 is 2.11 bits per heavy atom. The molecule has 1 aromatic carbocycles. The van der Waals surface area contributed by atoms with E-state index in [9.17, 15) is 4.79 Å². The third-order valence-corrected chi connectivity index (χ3v) is 9.07. The maximum atomic E-state index is 11.3. The molecule has 9 heteroatoms. The molecule has 1 aromatic heterocycles. The number of hydrogen-bond donors (Lipinski definition) is 1. The molecule has 1 N–H and O–H groups in total. The number of fused-ring (bicyclic) bond motifs is 1. The molecule has 7 nitrogen and oxygen atoms in total. The zero-order valence-electron chi connectivity index (χ0n) is 22.3. The fraction of sp³-hybridized carbons (Fsp3) is 0.464. The molecule has 4 heterocycles. The van der Waals surface area contributed by atoms with Gasteiger partial charge in [0.25, 0.3) is 0 Å². The number of anilines is 1. The number of hydrogen-bond acceptors (Lipinski definition) is 8. The summed E-state index contributed by atoms with van der Waals surface area (Å²) in [6.07, 6.45) is 9.19. The Morgan fingerprint density at radius 1 is 1.30 bits per heavy atom. The Kier molecular flexibility index (Phi) is 9.83. The largest absolute Gasteiger partial charge is 0.381 e. The van der Waals surface area contributed by atoms with Gasteiger partial charge in [0.1, 0.15) is 17.9 Å². The van der Waals surface area contributed by atoms with E-state index in [4.69, 9.17) is 4.74 Å². The van der Waals surface area contributed by atoms with Gasteiger partial charge in [0.15, 0.2) is 0 Å². The molecular formula is C28H38N5O2S2+. The molecule has 2 unspecified atom stereocenters. The van der Waals surface area contributed by atoms with E-state index >= 15 is 0 Å². The second-order valence-electron chi connectivity index (χ2n) is 10.0. The third-order valence-electron chi connectivity index (χ3n) is 7.15. The van der Waals surface area contributed by atoms with Crippen molar-refractivity contribution in [1.82, 2.24) is 14.9 Å². The van der Waals surface area contributed by atoms with Crippen LogP contribution in [-0.4, -0.2) is 79.0 Å². The van der Waals surface area contributed by atoms with Crippen molar-refractivity contribution in [2.45, 2.75) is 26.3 Å². The van der Waals surface area contributed by atoms with E-state index in [0.717, 1.165) is 56.1 Å². The summed E-state index contributed by atoms with van der Waals surface area (Å²) in [5, 5.41) is 3.28. The van der Waals surface area contributed by atoms with Crippen molar-refractivity contribution in [3.63, 3.8) is 0 Å². The normalized spacial score (nSPS) is 23.6. The average molecular weight is 541 g/mol. The molecule has 37 heavy (non-hydrogen) atoms. The lowest BCUT2D eigenvalue weighted by Gasteiger charge is -2.30. The maximum absolute atomic E-state index is 11.3. The molecule has 0 spiro atoms. The molecule has 1 amide bonds. The van der Waals surface area contributed by atoms with Gasteiger partial charge in [0, 0.05) is 61.8 Å². The summed E-state index contributed by atoms with van der Waals surface area (Å²) in [7, 11) is 7.87. The Balaban J connectivity index is 0.000000180. The summed E-state index contributed by atoms with van der Waals surface area (Å²) >= 11 is 0. The van der Waals surface area contributed by atoms with Gasteiger partial charge in [-0.3, -0.25) is 0 Å². The molecule has 3 aliphatic rings. The van der Waals surface area contributed by atoms with E-state index in [1.165, 1.54) is 24.1 Å². The van der Waals surface area contributed by atoms with Crippen LogP contribution >= 0.6 is 21.6 Å². The summed E-state index contributed by atoms with van der Waals surface area (Å²) in [6.45, 7) is 7.27. The summed E-state index contributed by atoms with van der Waals surface area (Å²) < 4.78 is 5.61. The van der Waals surface area contributed by atoms with Crippen LogP contribution in [-0.2, 0) is 16.1 Å². The Bertz CT molecular complexity index is 1130. The number of aromatic nitrogens is 2. The van der Waals surface area contributed by atoms with Gasteiger partial charge in [-0.15, -0.1) is 0 Å². The molecule has 0 radical (unpaired) electrons. The summed E-state index contributed by atoms with van der Waals surface area (Å²) in [4.78, 5) is 24.2. The van der Waals surface area contributed by atoms with Gasteiger partial charge in [0.05, 0.1) is 13.7 Å². The van der Waals surface area contributed by atoms with Crippen LogP contribution in [0, 0.1) is 5.92 Å². The van der Waals surface area contributed by atoms with Crippen LogP contribution in [0.2, 0.25) is 0 Å². The SMILES string of the molecule is CC1=Cc2cnc(NCC3CCOC3)nc2C[N+]1(C)C=O.CSSC1=C(c2ccccc2)CN(C)CC1. The first-order valence-corrected chi connectivity index (χ1v) is 15.3. The highest BCUT2D eigenvalue weighted by Crippen LogP contribution is 2.38. The number of nitrogens with one attached hydrogen (secondary N) is 1. The minimum absolute atomic E-state index is 0.250. The number of quaternary nitrogens is 1. The van der Waals surface area contributed by atoms with Gasteiger partial charge in [-0.2, -0.15) is 0 Å². The molecule has 2 atom stereocenters. The fourth-order valence-electron chi connectivity index (χ4n) is 4.63. The first-order chi connectivity index (χ1) is 17.9. The first-order valence-electron chi connectivity index (χ1n) is 12.8. The zero-order chi connectivity index (χ0) is 26.3. The minimum Gasteiger partial charge on any atom is -0.381 e. The highest BCUT2D eigenvalue weighted by Gasteiger charge is 2.31. The van der Waals surface area contributed by atoms with Gasteiger partial charge < -0.3 is 15.0 Å². The number of allylic oxidation sites excluding steroid dienone is 1. The summed E-state index contributed by atoms with van der Waals surface area (Å²) in [5.41, 5.74) is 5.80. The lowest BCUT2D eigenvalue weighted by molar-refractivity contribution is -0.800. The quantitative estimate of drug-likeness (QED) is 0.294. The Morgan fingerprint density at radius 3 is 2.81 bits per heavy atom.